The van der Waals surface area contributed by atoms with Crippen LogP contribution in [0.2, 0.25) is 0 Å². The zero-order valence-electron chi connectivity index (χ0n) is 28.1. The number of Topliss-reactive ketones (excluding diaryl/α,β-unsaturated/α-hetero) is 1. The molecule has 0 aromatic heterocycles. The summed E-state index contributed by atoms with van der Waals surface area (Å²) in [5, 5.41) is 10.2. The second-order valence-corrected chi connectivity index (χ2v) is 14.2. The number of imide groups is 1. The molecule has 0 bridgehead atoms. The van der Waals surface area contributed by atoms with E-state index in [1.54, 1.807) is 78.9 Å². The number of alkyl halides is 6. The number of halogens is 6. The minimum absolute atomic E-state index is 0.0714. The molecule has 4 aliphatic rings. The molecule has 3 aliphatic carbocycles. The smallest absolute Gasteiger partial charge is 0.416 e. The molecule has 6 nitrogen and oxygen atoms in total. The lowest BCUT2D eigenvalue weighted by Crippen LogP contribution is -2.58. The molecule has 1 aliphatic heterocycles. The molecule has 2 fully saturated rings. The van der Waals surface area contributed by atoms with Gasteiger partial charge in [0.15, 0.2) is 11.6 Å². The van der Waals surface area contributed by atoms with Gasteiger partial charge in [0.05, 0.1) is 34.1 Å². The van der Waals surface area contributed by atoms with Gasteiger partial charge in [-0.2, -0.15) is 26.3 Å². The molecular formula is C42H29F6NO5. The number of anilines is 1. The Morgan fingerprint density at radius 2 is 1.30 bits per heavy atom. The normalized spacial score (nSPS) is 26.9. The molecule has 1 saturated heterocycles. The molecule has 0 unspecified atom stereocenters. The maximum absolute atomic E-state index is 15.0. The lowest BCUT2D eigenvalue weighted by atomic mass is 9.44. The highest BCUT2D eigenvalue weighted by atomic mass is 19.4. The first-order valence-corrected chi connectivity index (χ1v) is 17.2. The van der Waals surface area contributed by atoms with E-state index < -0.39 is 81.8 Å². The third kappa shape index (κ3) is 5.33. The average molecular weight is 742 g/mol. The summed E-state index contributed by atoms with van der Waals surface area (Å²) in [5.41, 5.74) is -3.53. The summed E-state index contributed by atoms with van der Waals surface area (Å²) >= 11 is 0. The Bertz CT molecular complexity index is 2250. The standard InChI is InChI=1S/C42H29F6NO5/c43-41(44,45)25-17-26(42(46,47)48)19-27(18-25)49-38(53)30-16-15-29-32(35(30)39(49)54)20-33-37(52)31(22-7-3-1-4-8-22)21-34(51)40(33,24-9-5-2-6-10-24)36(29)23-11-13-28(50)14-12-23/h1-15,17-19,21,30,32-33,35-36,50H,16,20H2/t30-,32+,33-,35-,36-,40-/m0/s1. The molecule has 6 atom stereocenters. The number of carbonyl (C=O) groups excluding carboxylic acids is 4. The molecule has 54 heavy (non-hydrogen) atoms. The topological polar surface area (TPSA) is 91.8 Å². The van der Waals surface area contributed by atoms with Crippen LogP contribution < -0.4 is 4.90 Å². The molecule has 12 heteroatoms. The van der Waals surface area contributed by atoms with E-state index in [1.165, 1.54) is 18.2 Å². The first-order valence-electron chi connectivity index (χ1n) is 17.2. The summed E-state index contributed by atoms with van der Waals surface area (Å²) < 4.78 is 83.3. The van der Waals surface area contributed by atoms with Crippen LogP contribution in [0, 0.1) is 23.7 Å². The largest absolute Gasteiger partial charge is 0.508 e. The number of nitrogens with zero attached hydrogens (tertiary/aromatic N) is 1. The van der Waals surface area contributed by atoms with Crippen LogP contribution in [-0.2, 0) is 36.9 Å². The van der Waals surface area contributed by atoms with Crippen molar-refractivity contribution in [1.82, 2.24) is 0 Å². The Kier molecular flexibility index (Phi) is 8.09. The van der Waals surface area contributed by atoms with E-state index in [4.69, 9.17) is 0 Å². The average Bonchev–Trinajstić information content (AvgIpc) is 3.41. The van der Waals surface area contributed by atoms with Gasteiger partial charge in [-0.3, -0.25) is 19.2 Å². The van der Waals surface area contributed by atoms with Crippen LogP contribution in [0.1, 0.15) is 46.6 Å². The van der Waals surface area contributed by atoms with Gasteiger partial charge in [0.25, 0.3) is 0 Å². The van der Waals surface area contributed by atoms with E-state index >= 15 is 0 Å². The molecule has 274 valence electrons. The number of hydrogen-bond donors (Lipinski definition) is 1. The number of fused-ring (bicyclic) bond motifs is 4. The Hall–Kier alpha value is -5.78. The predicted molar refractivity (Wildman–Crippen MR) is 184 cm³/mol. The molecule has 0 radical (unpaired) electrons. The van der Waals surface area contributed by atoms with Crippen LogP contribution >= 0.6 is 0 Å². The molecule has 4 aromatic rings. The number of rotatable bonds is 4. The van der Waals surface area contributed by atoms with Gasteiger partial charge >= 0.3 is 12.4 Å². The fourth-order valence-corrected chi connectivity index (χ4v) is 9.24. The van der Waals surface area contributed by atoms with Crippen LogP contribution in [0.3, 0.4) is 0 Å². The van der Waals surface area contributed by atoms with Crippen molar-refractivity contribution in [3.63, 3.8) is 0 Å². The van der Waals surface area contributed by atoms with Crippen molar-refractivity contribution in [2.24, 2.45) is 23.7 Å². The highest BCUT2D eigenvalue weighted by molar-refractivity contribution is 6.32. The lowest BCUT2D eigenvalue weighted by molar-refractivity contribution is -0.143. The first-order chi connectivity index (χ1) is 25.6. The number of allylic oxidation sites excluding steroid dienone is 4. The van der Waals surface area contributed by atoms with Gasteiger partial charge in [0, 0.05) is 17.4 Å². The zero-order chi connectivity index (χ0) is 38.3. The SMILES string of the molecule is O=C1C(c2ccccc2)=CC(=O)[C@@]2(c3ccccc3)[C@@H](c3ccc(O)cc3)C3=CC[C@@H]4C(=O)N(c5cc(C(F)(F)F)cc(C(F)(F)F)c5)C(=O)[C@@H]4[C@@H]3C[C@@H]12. The van der Waals surface area contributed by atoms with Crippen LogP contribution in [-0.4, -0.2) is 28.5 Å². The highest BCUT2D eigenvalue weighted by Gasteiger charge is 2.66. The number of hydrogen-bond acceptors (Lipinski definition) is 5. The van der Waals surface area contributed by atoms with Crippen molar-refractivity contribution >= 4 is 34.6 Å². The molecule has 0 spiro atoms. The van der Waals surface area contributed by atoms with Gasteiger partial charge in [0.2, 0.25) is 11.8 Å². The summed E-state index contributed by atoms with van der Waals surface area (Å²) in [6.45, 7) is 0. The Labute approximate surface area is 304 Å². The molecule has 1 saturated carbocycles. The van der Waals surface area contributed by atoms with Crippen LogP contribution in [0.4, 0.5) is 32.0 Å². The van der Waals surface area contributed by atoms with Gasteiger partial charge in [-0.1, -0.05) is 84.4 Å². The van der Waals surface area contributed by atoms with Crippen LogP contribution in [0.25, 0.3) is 5.57 Å². The van der Waals surface area contributed by atoms with Gasteiger partial charge < -0.3 is 5.11 Å². The maximum Gasteiger partial charge on any atom is 0.416 e. The number of phenolic OH excluding ortho intramolecular Hbond substituents is 1. The van der Waals surface area contributed by atoms with Crippen molar-refractivity contribution in [3.05, 3.63) is 149 Å². The number of aromatic hydroxyl groups is 1. The number of amides is 2. The van der Waals surface area contributed by atoms with Gasteiger partial charge in [0.1, 0.15) is 5.75 Å². The van der Waals surface area contributed by atoms with E-state index in [0.29, 0.717) is 39.3 Å². The predicted octanol–water partition coefficient (Wildman–Crippen LogP) is 8.46. The van der Waals surface area contributed by atoms with Crippen molar-refractivity contribution in [2.75, 3.05) is 4.90 Å². The first kappa shape index (κ1) is 35.3. The quantitative estimate of drug-likeness (QED) is 0.129. The van der Waals surface area contributed by atoms with E-state index in [0.717, 1.165) is 0 Å². The summed E-state index contributed by atoms with van der Waals surface area (Å²) in [7, 11) is 0. The van der Waals surface area contributed by atoms with Crippen molar-refractivity contribution in [1.29, 1.82) is 0 Å². The van der Waals surface area contributed by atoms with Gasteiger partial charge in [-0.05, 0) is 71.9 Å². The molecule has 4 aromatic carbocycles. The lowest BCUT2D eigenvalue weighted by Gasteiger charge is -2.55. The van der Waals surface area contributed by atoms with Gasteiger partial charge in [-0.15, -0.1) is 0 Å². The van der Waals surface area contributed by atoms with Crippen molar-refractivity contribution in [3.8, 4) is 5.75 Å². The number of ketones is 2. The third-order valence-corrected chi connectivity index (χ3v) is 11.4. The highest BCUT2D eigenvalue weighted by Crippen LogP contribution is 2.64. The number of phenols is 1. The van der Waals surface area contributed by atoms with E-state index in [-0.39, 0.29) is 36.0 Å². The Morgan fingerprint density at radius 3 is 1.89 bits per heavy atom. The molecule has 1 heterocycles. The zero-order valence-corrected chi connectivity index (χ0v) is 28.1. The summed E-state index contributed by atoms with van der Waals surface area (Å²) in [6.07, 6.45) is -7.58. The number of benzene rings is 4. The summed E-state index contributed by atoms with van der Waals surface area (Å²) in [6, 6.07) is 24.0. The third-order valence-electron chi connectivity index (χ3n) is 11.4. The van der Waals surface area contributed by atoms with Crippen molar-refractivity contribution in [2.45, 2.75) is 36.5 Å². The molecule has 8 rings (SSSR count). The van der Waals surface area contributed by atoms with Gasteiger partial charge in [-0.25, -0.2) is 4.90 Å². The molecule has 2 amide bonds. The van der Waals surface area contributed by atoms with E-state index in [1.807, 2.05) is 0 Å². The maximum atomic E-state index is 15.0. The monoisotopic (exact) mass is 741 g/mol. The van der Waals surface area contributed by atoms with E-state index in [9.17, 15) is 50.6 Å². The second-order valence-electron chi connectivity index (χ2n) is 14.2. The minimum Gasteiger partial charge on any atom is -0.508 e. The fraction of sp³-hybridized carbons (Fsp3) is 0.238. The number of carbonyl (C=O) groups is 4. The Morgan fingerprint density at radius 1 is 0.704 bits per heavy atom. The second kappa shape index (κ2) is 12.4. The molecular weight excluding hydrogens is 712 g/mol. The van der Waals surface area contributed by atoms with Crippen LogP contribution in [0.5, 0.6) is 5.75 Å². The summed E-state index contributed by atoms with van der Waals surface area (Å²) in [5.74, 6) is -8.15. The fourth-order valence-electron chi connectivity index (χ4n) is 9.24. The Balaban J connectivity index is 1.32. The van der Waals surface area contributed by atoms with E-state index in [2.05, 4.69) is 0 Å². The minimum atomic E-state index is -5.22. The molecule has 1 N–H and O–H groups in total. The summed E-state index contributed by atoms with van der Waals surface area (Å²) in [4.78, 5) is 58.8. The van der Waals surface area contributed by atoms with Crippen LogP contribution in [0.15, 0.2) is 121 Å². The van der Waals surface area contributed by atoms with Crippen molar-refractivity contribution < 1.29 is 50.6 Å².